The van der Waals surface area contributed by atoms with Crippen LogP contribution >= 0.6 is 0 Å². The zero-order valence-electron chi connectivity index (χ0n) is 10.4. The number of carbonyl (C=O) groups is 1. The Labute approximate surface area is 105 Å². The third-order valence-electron chi connectivity index (χ3n) is 2.68. The van der Waals surface area contributed by atoms with E-state index < -0.39 is 0 Å². The maximum Gasteiger partial charge on any atom is 0.319 e. The van der Waals surface area contributed by atoms with E-state index in [0.717, 1.165) is 16.8 Å². The van der Waals surface area contributed by atoms with Crippen LogP contribution in [0.4, 0.5) is 10.5 Å². The van der Waals surface area contributed by atoms with Crippen LogP contribution in [0.1, 0.15) is 16.9 Å². The number of carbonyl (C=O) groups excluding carboxylic acids is 1. The summed E-state index contributed by atoms with van der Waals surface area (Å²) >= 11 is 0. The van der Waals surface area contributed by atoms with Gasteiger partial charge in [-0.3, -0.25) is 0 Å². The van der Waals surface area contributed by atoms with Crippen LogP contribution in [0, 0.1) is 13.8 Å². The molecule has 0 saturated carbocycles. The normalized spacial score (nSPS) is 10.1. The SMILES string of the molecule is Cc1ccccc1NC(=O)NCc1cnoc1C. The molecule has 0 spiro atoms. The Hall–Kier alpha value is -2.30. The molecule has 1 aromatic carbocycles. The zero-order valence-corrected chi connectivity index (χ0v) is 10.4. The second-order valence-corrected chi connectivity index (χ2v) is 4.03. The molecule has 0 atom stereocenters. The molecule has 0 fully saturated rings. The Morgan fingerprint density at radius 3 is 2.78 bits per heavy atom. The highest BCUT2D eigenvalue weighted by Gasteiger charge is 2.06. The highest BCUT2D eigenvalue weighted by Crippen LogP contribution is 2.12. The predicted octanol–water partition coefficient (Wildman–Crippen LogP) is 2.61. The number of aromatic nitrogens is 1. The number of hydrogen-bond acceptors (Lipinski definition) is 3. The fourth-order valence-corrected chi connectivity index (χ4v) is 1.54. The molecular weight excluding hydrogens is 230 g/mol. The maximum atomic E-state index is 11.7. The average molecular weight is 245 g/mol. The molecule has 5 nitrogen and oxygen atoms in total. The van der Waals surface area contributed by atoms with Crippen LogP contribution in [0.15, 0.2) is 35.0 Å². The summed E-state index contributed by atoms with van der Waals surface area (Å²) in [6.45, 7) is 4.15. The van der Waals surface area contributed by atoms with Gasteiger partial charge in [0.2, 0.25) is 0 Å². The van der Waals surface area contributed by atoms with Crippen LogP contribution in [0.3, 0.4) is 0 Å². The summed E-state index contributed by atoms with van der Waals surface area (Å²) in [5, 5.41) is 9.19. The number of aryl methyl sites for hydroxylation is 2. The highest BCUT2D eigenvalue weighted by atomic mass is 16.5. The molecule has 2 aromatic rings. The second-order valence-electron chi connectivity index (χ2n) is 4.03. The lowest BCUT2D eigenvalue weighted by Crippen LogP contribution is -2.28. The Morgan fingerprint density at radius 1 is 1.33 bits per heavy atom. The van der Waals surface area contributed by atoms with Crippen LogP contribution in [0.2, 0.25) is 0 Å². The molecule has 2 N–H and O–H groups in total. The molecule has 94 valence electrons. The minimum atomic E-state index is -0.245. The first-order valence-corrected chi connectivity index (χ1v) is 5.67. The van der Waals surface area contributed by atoms with Crippen molar-refractivity contribution in [3.8, 4) is 0 Å². The summed E-state index contributed by atoms with van der Waals surface area (Å²) in [4.78, 5) is 11.7. The van der Waals surface area contributed by atoms with E-state index in [2.05, 4.69) is 15.8 Å². The van der Waals surface area contributed by atoms with Gasteiger partial charge in [0.1, 0.15) is 5.76 Å². The van der Waals surface area contributed by atoms with Gasteiger partial charge in [-0.05, 0) is 25.5 Å². The summed E-state index contributed by atoms with van der Waals surface area (Å²) in [5.74, 6) is 0.714. The van der Waals surface area contributed by atoms with Gasteiger partial charge < -0.3 is 15.2 Å². The Morgan fingerprint density at radius 2 is 2.11 bits per heavy atom. The summed E-state index contributed by atoms with van der Waals surface area (Å²) in [7, 11) is 0. The van der Waals surface area contributed by atoms with Crippen molar-refractivity contribution in [1.29, 1.82) is 0 Å². The molecule has 0 aliphatic carbocycles. The molecule has 0 aliphatic rings. The first-order chi connectivity index (χ1) is 8.66. The Bertz CT molecular complexity index is 549. The van der Waals surface area contributed by atoms with Gasteiger partial charge in [0.05, 0.1) is 6.20 Å². The molecule has 2 amide bonds. The van der Waals surface area contributed by atoms with Crippen molar-refractivity contribution in [2.75, 3.05) is 5.32 Å². The number of anilines is 1. The molecule has 5 heteroatoms. The number of para-hydroxylation sites is 1. The molecule has 0 radical (unpaired) electrons. The Kier molecular flexibility index (Phi) is 3.62. The van der Waals surface area contributed by atoms with Crippen LogP contribution in [-0.2, 0) is 6.54 Å². The highest BCUT2D eigenvalue weighted by molar-refractivity contribution is 5.89. The first-order valence-electron chi connectivity index (χ1n) is 5.67. The summed E-state index contributed by atoms with van der Waals surface area (Å²) < 4.78 is 4.91. The van der Waals surface area contributed by atoms with Crippen molar-refractivity contribution in [2.24, 2.45) is 0 Å². The van der Waals surface area contributed by atoms with E-state index in [-0.39, 0.29) is 6.03 Å². The molecular formula is C13H15N3O2. The molecule has 2 rings (SSSR count). The van der Waals surface area contributed by atoms with Gasteiger partial charge in [0.15, 0.2) is 0 Å². The molecule has 1 aromatic heterocycles. The van der Waals surface area contributed by atoms with E-state index in [1.165, 1.54) is 0 Å². The van der Waals surface area contributed by atoms with E-state index in [1.807, 2.05) is 38.1 Å². The predicted molar refractivity (Wildman–Crippen MR) is 68.3 cm³/mol. The lowest BCUT2D eigenvalue weighted by Gasteiger charge is -2.08. The Balaban J connectivity index is 1.90. The van der Waals surface area contributed by atoms with Crippen LogP contribution in [0.5, 0.6) is 0 Å². The second kappa shape index (κ2) is 5.35. The van der Waals surface area contributed by atoms with Gasteiger partial charge in [0, 0.05) is 17.8 Å². The lowest BCUT2D eigenvalue weighted by molar-refractivity contribution is 0.251. The largest absolute Gasteiger partial charge is 0.361 e. The first kappa shape index (κ1) is 12.2. The topological polar surface area (TPSA) is 67.2 Å². The zero-order chi connectivity index (χ0) is 13.0. The lowest BCUT2D eigenvalue weighted by atomic mass is 10.2. The van der Waals surface area contributed by atoms with Crippen LogP contribution < -0.4 is 10.6 Å². The van der Waals surface area contributed by atoms with Crippen LogP contribution in [0.25, 0.3) is 0 Å². The van der Waals surface area contributed by atoms with E-state index in [9.17, 15) is 4.79 Å². The van der Waals surface area contributed by atoms with Crippen molar-refractivity contribution in [1.82, 2.24) is 10.5 Å². The van der Waals surface area contributed by atoms with Gasteiger partial charge in [0.25, 0.3) is 0 Å². The van der Waals surface area contributed by atoms with Gasteiger partial charge in [-0.2, -0.15) is 0 Å². The molecule has 1 heterocycles. The average Bonchev–Trinajstić information content (AvgIpc) is 2.75. The van der Waals surface area contributed by atoms with Crippen molar-refractivity contribution < 1.29 is 9.32 Å². The summed E-state index contributed by atoms with van der Waals surface area (Å²) in [5.41, 5.74) is 2.70. The molecule has 0 aliphatic heterocycles. The van der Waals surface area contributed by atoms with Gasteiger partial charge in [-0.25, -0.2) is 4.79 Å². The van der Waals surface area contributed by atoms with Gasteiger partial charge in [-0.1, -0.05) is 23.4 Å². The summed E-state index contributed by atoms with van der Waals surface area (Å²) in [6.07, 6.45) is 1.60. The number of nitrogens with one attached hydrogen (secondary N) is 2. The van der Waals surface area contributed by atoms with E-state index in [1.54, 1.807) is 6.20 Å². The van der Waals surface area contributed by atoms with E-state index >= 15 is 0 Å². The number of hydrogen-bond donors (Lipinski definition) is 2. The van der Waals surface area contributed by atoms with Crippen molar-refractivity contribution in [2.45, 2.75) is 20.4 Å². The number of amides is 2. The van der Waals surface area contributed by atoms with E-state index in [0.29, 0.717) is 12.3 Å². The third kappa shape index (κ3) is 2.88. The molecule has 18 heavy (non-hydrogen) atoms. The van der Waals surface area contributed by atoms with Crippen molar-refractivity contribution >= 4 is 11.7 Å². The van der Waals surface area contributed by atoms with E-state index in [4.69, 9.17) is 4.52 Å². The number of urea groups is 1. The smallest absolute Gasteiger partial charge is 0.319 e. The maximum absolute atomic E-state index is 11.7. The minimum Gasteiger partial charge on any atom is -0.361 e. The van der Waals surface area contributed by atoms with Crippen LogP contribution in [-0.4, -0.2) is 11.2 Å². The fourth-order valence-electron chi connectivity index (χ4n) is 1.54. The quantitative estimate of drug-likeness (QED) is 0.873. The standard InChI is InChI=1S/C13H15N3O2/c1-9-5-3-4-6-12(9)16-13(17)14-7-11-8-15-18-10(11)2/h3-6,8H,7H2,1-2H3,(H2,14,16,17). The van der Waals surface area contributed by atoms with Gasteiger partial charge >= 0.3 is 6.03 Å². The van der Waals surface area contributed by atoms with Crippen molar-refractivity contribution in [3.05, 3.63) is 47.3 Å². The summed E-state index contributed by atoms with van der Waals surface area (Å²) in [6, 6.07) is 7.37. The number of rotatable bonds is 3. The number of benzene rings is 1. The third-order valence-corrected chi connectivity index (χ3v) is 2.68. The minimum absolute atomic E-state index is 0.245. The van der Waals surface area contributed by atoms with Gasteiger partial charge in [-0.15, -0.1) is 0 Å². The fraction of sp³-hybridized carbons (Fsp3) is 0.231. The molecule has 0 unspecified atom stereocenters. The molecule has 0 saturated heterocycles. The van der Waals surface area contributed by atoms with Crippen molar-refractivity contribution in [3.63, 3.8) is 0 Å². The monoisotopic (exact) mass is 245 g/mol. The number of nitrogens with zero attached hydrogens (tertiary/aromatic N) is 1. The molecule has 0 bridgehead atoms.